The lowest BCUT2D eigenvalue weighted by molar-refractivity contribution is -0.130. The number of amides is 1. The zero-order chi connectivity index (χ0) is 17.8. The lowest BCUT2D eigenvalue weighted by Crippen LogP contribution is -2.46. The summed E-state index contributed by atoms with van der Waals surface area (Å²) in [6, 6.07) is 3.03. The number of hydrogen-bond donors (Lipinski definition) is 1. The lowest BCUT2D eigenvalue weighted by atomic mass is 10.1. The number of benzene rings is 1. The number of esters is 1. The molecule has 1 aromatic rings. The second-order valence-corrected chi connectivity index (χ2v) is 6.77. The number of rotatable bonds is 5. The Morgan fingerprint density at radius 2 is 1.61 bits per heavy atom. The molecule has 1 aromatic carbocycles. The summed E-state index contributed by atoms with van der Waals surface area (Å²) in [5, 5.41) is 2.76. The monoisotopic (exact) mass is 387 g/mol. The van der Waals surface area contributed by atoms with Gasteiger partial charge in [-0.25, -0.2) is 4.79 Å². The van der Waals surface area contributed by atoms with Gasteiger partial charge >= 0.3 is 5.97 Å². The molecule has 0 spiro atoms. The van der Waals surface area contributed by atoms with Crippen LogP contribution < -0.4 is 14.8 Å². The van der Waals surface area contributed by atoms with E-state index in [2.05, 4.69) is 21.2 Å². The zero-order valence-electron chi connectivity index (χ0n) is 14.2. The van der Waals surface area contributed by atoms with E-state index in [1.165, 1.54) is 33.3 Å². The second kappa shape index (κ2) is 7.68. The van der Waals surface area contributed by atoms with Crippen LogP contribution in [0.15, 0.2) is 16.6 Å². The van der Waals surface area contributed by atoms with Gasteiger partial charge in [-0.2, -0.15) is 0 Å². The average molecular weight is 388 g/mol. The highest BCUT2D eigenvalue weighted by Crippen LogP contribution is 2.35. The molecule has 0 saturated carbocycles. The maximum absolute atomic E-state index is 12.2. The minimum absolute atomic E-state index is 0.234. The molecule has 1 rings (SSSR count). The third-order valence-corrected chi connectivity index (χ3v) is 3.61. The van der Waals surface area contributed by atoms with Crippen LogP contribution in [0.5, 0.6) is 11.5 Å². The second-order valence-electron chi connectivity index (χ2n) is 5.98. The predicted molar refractivity (Wildman–Crippen MR) is 90.0 cm³/mol. The van der Waals surface area contributed by atoms with E-state index in [1.54, 1.807) is 0 Å². The van der Waals surface area contributed by atoms with Crippen molar-refractivity contribution in [3.8, 4) is 11.5 Å². The number of carbonyl (C=O) groups is 2. The van der Waals surface area contributed by atoms with Crippen molar-refractivity contribution in [1.29, 1.82) is 0 Å². The molecule has 0 bridgehead atoms. The van der Waals surface area contributed by atoms with Crippen molar-refractivity contribution in [2.75, 3.05) is 14.2 Å². The Bertz CT molecular complexity index is 570. The quantitative estimate of drug-likeness (QED) is 0.786. The molecule has 1 atom stereocenters. The van der Waals surface area contributed by atoms with Crippen molar-refractivity contribution < 1.29 is 23.8 Å². The Morgan fingerprint density at radius 1 is 1.13 bits per heavy atom. The molecule has 0 radical (unpaired) electrons. The fourth-order valence-corrected chi connectivity index (χ4v) is 2.29. The van der Waals surface area contributed by atoms with Crippen molar-refractivity contribution in [2.24, 2.45) is 0 Å². The van der Waals surface area contributed by atoms with Crippen molar-refractivity contribution >= 4 is 27.8 Å². The first-order valence-corrected chi connectivity index (χ1v) is 7.83. The molecule has 128 valence electrons. The normalized spacial score (nSPS) is 12.3. The largest absolute Gasteiger partial charge is 0.495 e. The molecule has 0 saturated heterocycles. The Balaban J connectivity index is 2.92. The highest BCUT2D eigenvalue weighted by Gasteiger charge is 2.24. The molecule has 0 unspecified atom stereocenters. The van der Waals surface area contributed by atoms with Crippen molar-refractivity contribution in [3.63, 3.8) is 0 Å². The van der Waals surface area contributed by atoms with Gasteiger partial charge < -0.3 is 19.5 Å². The Kier molecular flexibility index (Phi) is 6.44. The van der Waals surface area contributed by atoms with Crippen LogP contribution in [0.1, 0.15) is 38.1 Å². The van der Waals surface area contributed by atoms with E-state index in [9.17, 15) is 9.59 Å². The van der Waals surface area contributed by atoms with E-state index in [0.717, 1.165) is 0 Å². The number of carbonyl (C=O) groups excluding carboxylic acids is 2. The number of hydrogen-bond acceptors (Lipinski definition) is 5. The van der Waals surface area contributed by atoms with Crippen LogP contribution in [-0.2, 0) is 9.53 Å². The highest BCUT2D eigenvalue weighted by atomic mass is 79.9. The highest BCUT2D eigenvalue weighted by molar-refractivity contribution is 9.10. The van der Waals surface area contributed by atoms with Crippen LogP contribution in [0.2, 0.25) is 0 Å². The first kappa shape index (κ1) is 19.3. The van der Waals surface area contributed by atoms with Crippen LogP contribution in [0.4, 0.5) is 0 Å². The molecule has 1 amide bonds. The third kappa shape index (κ3) is 5.42. The van der Waals surface area contributed by atoms with Crippen molar-refractivity contribution in [1.82, 2.24) is 5.32 Å². The fourth-order valence-electron chi connectivity index (χ4n) is 1.74. The van der Waals surface area contributed by atoms with Gasteiger partial charge in [-0.05, 0) is 55.8 Å². The van der Waals surface area contributed by atoms with Gasteiger partial charge in [0.15, 0.2) is 6.10 Å². The van der Waals surface area contributed by atoms with E-state index in [0.29, 0.717) is 16.0 Å². The molecule has 0 fully saturated rings. The van der Waals surface area contributed by atoms with Gasteiger partial charge in [-0.1, -0.05) is 0 Å². The van der Waals surface area contributed by atoms with Crippen molar-refractivity contribution in [2.45, 2.75) is 39.3 Å². The van der Waals surface area contributed by atoms with E-state index >= 15 is 0 Å². The lowest BCUT2D eigenvalue weighted by Gasteiger charge is -2.23. The van der Waals surface area contributed by atoms with Crippen LogP contribution in [-0.4, -0.2) is 37.7 Å². The van der Waals surface area contributed by atoms with Gasteiger partial charge in [-0.15, -0.1) is 0 Å². The molecule has 1 N–H and O–H groups in total. The summed E-state index contributed by atoms with van der Waals surface area (Å²) < 4.78 is 16.2. The summed E-state index contributed by atoms with van der Waals surface area (Å²) >= 11 is 3.33. The molecule has 23 heavy (non-hydrogen) atoms. The minimum Gasteiger partial charge on any atom is -0.495 e. The number of halogens is 1. The molecule has 0 aliphatic rings. The van der Waals surface area contributed by atoms with E-state index in [-0.39, 0.29) is 11.5 Å². The summed E-state index contributed by atoms with van der Waals surface area (Å²) in [6.45, 7) is 7.07. The van der Waals surface area contributed by atoms with Gasteiger partial charge in [0.1, 0.15) is 16.0 Å². The van der Waals surface area contributed by atoms with E-state index in [4.69, 9.17) is 14.2 Å². The molecular formula is C16H22BrNO5. The number of ether oxygens (including phenoxy) is 3. The van der Waals surface area contributed by atoms with Crippen LogP contribution in [0.25, 0.3) is 0 Å². The number of methoxy groups -OCH3 is 2. The van der Waals surface area contributed by atoms with Gasteiger partial charge in [0, 0.05) is 5.54 Å². The zero-order valence-corrected chi connectivity index (χ0v) is 15.7. The Labute approximate surface area is 144 Å². The Morgan fingerprint density at radius 3 is 2.00 bits per heavy atom. The van der Waals surface area contributed by atoms with Crippen LogP contribution in [0, 0.1) is 0 Å². The SMILES string of the molecule is COc1cc(C(=O)O[C@@H](C)C(=O)NC(C)(C)C)cc(OC)c1Br. The Hall–Kier alpha value is -1.76. The van der Waals surface area contributed by atoms with Gasteiger partial charge in [0.2, 0.25) is 0 Å². The van der Waals surface area contributed by atoms with Crippen LogP contribution in [0.3, 0.4) is 0 Å². The summed E-state index contributed by atoms with van der Waals surface area (Å²) in [5.41, 5.74) is -0.167. The molecule has 0 aliphatic heterocycles. The smallest absolute Gasteiger partial charge is 0.339 e. The summed E-state index contributed by atoms with van der Waals surface area (Å²) in [4.78, 5) is 24.2. The van der Waals surface area contributed by atoms with Gasteiger partial charge in [0.05, 0.1) is 19.8 Å². The molecule has 0 aliphatic carbocycles. The summed E-state index contributed by atoms with van der Waals surface area (Å²) in [6.07, 6.45) is -0.914. The number of nitrogens with one attached hydrogen (secondary N) is 1. The first-order valence-electron chi connectivity index (χ1n) is 7.03. The topological polar surface area (TPSA) is 73.9 Å². The summed E-state index contributed by atoms with van der Waals surface area (Å²) in [5.74, 6) is -0.126. The molecule has 0 heterocycles. The minimum atomic E-state index is -0.914. The average Bonchev–Trinajstić information content (AvgIpc) is 2.45. The molecule has 0 aromatic heterocycles. The fraction of sp³-hybridized carbons (Fsp3) is 0.500. The molecular weight excluding hydrogens is 366 g/mol. The van der Waals surface area contributed by atoms with Gasteiger partial charge in [-0.3, -0.25) is 4.79 Å². The maximum atomic E-state index is 12.2. The molecule has 6 nitrogen and oxygen atoms in total. The van der Waals surface area contributed by atoms with Gasteiger partial charge in [0.25, 0.3) is 5.91 Å². The standard InChI is InChI=1S/C16H22BrNO5/c1-9(14(19)18-16(2,3)4)23-15(20)10-7-11(21-5)13(17)12(8-10)22-6/h7-9H,1-6H3,(H,18,19)/t9-/m0/s1. The van der Waals surface area contributed by atoms with E-state index < -0.39 is 17.6 Å². The molecule has 7 heteroatoms. The van der Waals surface area contributed by atoms with Crippen molar-refractivity contribution in [3.05, 3.63) is 22.2 Å². The van der Waals surface area contributed by atoms with Crippen LogP contribution >= 0.6 is 15.9 Å². The van der Waals surface area contributed by atoms with E-state index in [1.807, 2.05) is 20.8 Å². The first-order chi connectivity index (χ1) is 10.6. The maximum Gasteiger partial charge on any atom is 0.339 e. The summed E-state index contributed by atoms with van der Waals surface area (Å²) in [7, 11) is 2.96. The third-order valence-electron chi connectivity index (χ3n) is 2.83. The predicted octanol–water partition coefficient (Wildman–Crippen LogP) is 2.93.